The van der Waals surface area contributed by atoms with Crippen LogP contribution in [0.5, 0.6) is 0 Å². The van der Waals surface area contributed by atoms with E-state index in [9.17, 15) is 18.0 Å². The first-order valence-corrected chi connectivity index (χ1v) is 6.80. The fourth-order valence-electron chi connectivity index (χ4n) is 2.08. The molecule has 0 radical (unpaired) electrons. The third-order valence-corrected chi connectivity index (χ3v) is 3.31. The number of amides is 1. The van der Waals surface area contributed by atoms with Crippen molar-refractivity contribution in [2.24, 2.45) is 0 Å². The molecule has 0 aliphatic carbocycles. The molecule has 0 atom stereocenters. The number of nitrogens with two attached hydrogens (primary N) is 1. The lowest BCUT2D eigenvalue weighted by molar-refractivity contribution is -0.140. The van der Waals surface area contributed by atoms with Crippen molar-refractivity contribution < 1.29 is 23.1 Å². The van der Waals surface area contributed by atoms with Crippen LogP contribution in [0.15, 0.2) is 42.5 Å². The second-order valence-corrected chi connectivity index (χ2v) is 4.86. The molecule has 2 aromatic rings. The fraction of sp³-hybridized carbons (Fsp3) is 0.188. The molecule has 0 heterocycles. The molecule has 0 saturated heterocycles. The molecule has 0 aromatic heterocycles. The van der Waals surface area contributed by atoms with Crippen LogP contribution in [0, 0.1) is 5.82 Å². The van der Waals surface area contributed by atoms with Crippen LogP contribution in [0.1, 0.15) is 11.1 Å². The highest BCUT2D eigenvalue weighted by atomic mass is 19.3. The number of aliphatic hydroxyl groups excluding tert-OH is 1. The van der Waals surface area contributed by atoms with Gasteiger partial charge in [0, 0.05) is 29.8 Å². The summed E-state index contributed by atoms with van der Waals surface area (Å²) in [6.07, 6.45) is -0.0868. The number of nitrogen functional groups attached to an aromatic ring is 1. The number of anilines is 2. The molecule has 0 fully saturated rings. The molecular formula is C16H15F3N2O2. The van der Waals surface area contributed by atoms with Crippen LogP contribution in [-0.2, 0) is 17.1 Å². The molecule has 0 saturated carbocycles. The van der Waals surface area contributed by atoms with E-state index in [2.05, 4.69) is 0 Å². The van der Waals surface area contributed by atoms with Crippen LogP contribution in [-0.4, -0.2) is 17.6 Å². The number of rotatable bonds is 5. The summed E-state index contributed by atoms with van der Waals surface area (Å²) >= 11 is 0. The maximum atomic E-state index is 14.2. The van der Waals surface area contributed by atoms with Crippen LogP contribution in [0.3, 0.4) is 0 Å². The van der Waals surface area contributed by atoms with Crippen LogP contribution in [0.4, 0.5) is 24.5 Å². The zero-order chi connectivity index (χ0) is 17.0. The summed E-state index contributed by atoms with van der Waals surface area (Å²) in [7, 11) is 0. The van der Waals surface area contributed by atoms with Gasteiger partial charge >= 0.3 is 5.92 Å². The maximum absolute atomic E-state index is 14.2. The highest BCUT2D eigenvalue weighted by Crippen LogP contribution is 2.31. The lowest BCUT2D eigenvalue weighted by atomic mass is 10.1. The number of aliphatic hydroxyl groups is 1. The summed E-state index contributed by atoms with van der Waals surface area (Å²) in [6.45, 7) is -0.362. The minimum atomic E-state index is -3.81. The van der Waals surface area contributed by atoms with Crippen molar-refractivity contribution >= 4 is 17.3 Å². The molecular weight excluding hydrogens is 309 g/mol. The van der Waals surface area contributed by atoms with E-state index in [1.54, 1.807) is 0 Å². The predicted molar refractivity (Wildman–Crippen MR) is 80.6 cm³/mol. The Balaban J connectivity index is 2.29. The van der Waals surface area contributed by atoms with Crippen LogP contribution in [0.25, 0.3) is 0 Å². The highest BCUT2D eigenvalue weighted by Gasteiger charge is 2.41. The van der Waals surface area contributed by atoms with E-state index in [1.807, 2.05) is 5.32 Å². The van der Waals surface area contributed by atoms with Gasteiger partial charge in [-0.2, -0.15) is 8.78 Å². The van der Waals surface area contributed by atoms with E-state index in [0.717, 1.165) is 18.2 Å². The van der Waals surface area contributed by atoms with Gasteiger partial charge in [-0.05, 0) is 12.1 Å². The third-order valence-electron chi connectivity index (χ3n) is 3.31. The van der Waals surface area contributed by atoms with Gasteiger partial charge in [0.2, 0.25) is 0 Å². The van der Waals surface area contributed by atoms with E-state index >= 15 is 0 Å². The Bertz CT molecular complexity index is 706. The topological polar surface area (TPSA) is 75.3 Å². The summed E-state index contributed by atoms with van der Waals surface area (Å²) in [4.78, 5) is 11.8. The zero-order valence-electron chi connectivity index (χ0n) is 12.0. The van der Waals surface area contributed by atoms with E-state index in [0.29, 0.717) is 0 Å². The standard InChI is InChI=1S/C16H15F3N2O2/c17-14-11(8-9-22)12(20)6-7-13(14)21-15(23)16(18,19)10-4-2-1-3-5-10/h1-7,22H,8-9,20H2,(H,21,23). The third kappa shape index (κ3) is 3.45. The van der Waals surface area contributed by atoms with Gasteiger partial charge in [0.25, 0.3) is 5.91 Å². The Morgan fingerprint density at radius 2 is 1.83 bits per heavy atom. The number of alkyl halides is 2. The molecule has 4 nitrogen and oxygen atoms in total. The van der Waals surface area contributed by atoms with Crippen molar-refractivity contribution in [3.05, 3.63) is 59.4 Å². The molecule has 0 unspecified atom stereocenters. The fourth-order valence-corrected chi connectivity index (χ4v) is 2.08. The Kier molecular flexibility index (Phi) is 4.90. The van der Waals surface area contributed by atoms with Gasteiger partial charge in [-0.3, -0.25) is 4.79 Å². The van der Waals surface area contributed by atoms with Crippen molar-refractivity contribution in [2.45, 2.75) is 12.3 Å². The summed E-state index contributed by atoms with van der Waals surface area (Å²) in [6, 6.07) is 8.89. The molecule has 4 N–H and O–H groups in total. The number of halogens is 3. The summed E-state index contributed by atoms with van der Waals surface area (Å²) in [5, 5.41) is 10.8. The van der Waals surface area contributed by atoms with Gasteiger partial charge in [-0.1, -0.05) is 30.3 Å². The molecule has 7 heteroatoms. The average molecular weight is 324 g/mol. The minimum absolute atomic E-state index is 0.0340. The number of nitrogens with one attached hydrogen (secondary N) is 1. The largest absolute Gasteiger partial charge is 0.398 e. The molecule has 122 valence electrons. The van der Waals surface area contributed by atoms with Gasteiger partial charge in [0.1, 0.15) is 0 Å². The molecule has 2 rings (SSSR count). The first-order chi connectivity index (χ1) is 10.9. The Labute approximate surface area is 130 Å². The molecule has 23 heavy (non-hydrogen) atoms. The quantitative estimate of drug-likeness (QED) is 0.740. The number of hydrogen-bond acceptors (Lipinski definition) is 3. The Hall–Kier alpha value is -2.54. The molecule has 2 aromatic carbocycles. The van der Waals surface area contributed by atoms with E-state index in [4.69, 9.17) is 10.8 Å². The van der Waals surface area contributed by atoms with Gasteiger partial charge in [0.15, 0.2) is 5.82 Å². The SMILES string of the molecule is Nc1ccc(NC(=O)C(F)(F)c2ccccc2)c(F)c1CCO. The van der Waals surface area contributed by atoms with Gasteiger partial charge in [-0.25, -0.2) is 4.39 Å². The molecule has 0 aliphatic rings. The van der Waals surface area contributed by atoms with Gasteiger partial charge in [0.05, 0.1) is 5.69 Å². The van der Waals surface area contributed by atoms with Crippen molar-refractivity contribution in [3.8, 4) is 0 Å². The highest BCUT2D eigenvalue weighted by molar-refractivity contribution is 5.97. The number of carbonyl (C=O) groups excluding carboxylic acids is 1. The van der Waals surface area contributed by atoms with Crippen LogP contribution < -0.4 is 11.1 Å². The van der Waals surface area contributed by atoms with E-state index in [1.165, 1.54) is 24.3 Å². The first-order valence-electron chi connectivity index (χ1n) is 6.80. The van der Waals surface area contributed by atoms with Crippen molar-refractivity contribution in [3.63, 3.8) is 0 Å². The summed E-state index contributed by atoms with van der Waals surface area (Å²) in [5.41, 5.74) is 4.70. The first kappa shape index (κ1) is 16.8. The number of hydrogen-bond donors (Lipinski definition) is 3. The molecule has 0 bridgehead atoms. The van der Waals surface area contributed by atoms with Crippen molar-refractivity contribution in [1.82, 2.24) is 0 Å². The smallest absolute Gasteiger partial charge is 0.350 e. The molecule has 0 aliphatic heterocycles. The Morgan fingerprint density at radius 3 is 2.43 bits per heavy atom. The summed E-state index contributed by atoms with van der Waals surface area (Å²) < 4.78 is 42.4. The number of benzene rings is 2. The normalized spacial score (nSPS) is 11.3. The van der Waals surface area contributed by atoms with Gasteiger partial charge in [-0.15, -0.1) is 0 Å². The lowest BCUT2D eigenvalue weighted by Gasteiger charge is -2.17. The van der Waals surface area contributed by atoms with Gasteiger partial charge < -0.3 is 16.2 Å². The zero-order valence-corrected chi connectivity index (χ0v) is 12.0. The predicted octanol–water partition coefficient (Wildman–Crippen LogP) is 2.67. The monoisotopic (exact) mass is 324 g/mol. The summed E-state index contributed by atoms with van der Waals surface area (Å²) in [5.74, 6) is -6.40. The molecule has 0 spiro atoms. The minimum Gasteiger partial charge on any atom is -0.398 e. The van der Waals surface area contributed by atoms with Crippen molar-refractivity contribution in [1.29, 1.82) is 0 Å². The maximum Gasteiger partial charge on any atom is 0.350 e. The van der Waals surface area contributed by atoms with E-state index < -0.39 is 28.9 Å². The second kappa shape index (κ2) is 6.70. The second-order valence-electron chi connectivity index (χ2n) is 4.86. The van der Waals surface area contributed by atoms with Crippen molar-refractivity contribution in [2.75, 3.05) is 17.7 Å². The van der Waals surface area contributed by atoms with Crippen LogP contribution >= 0.6 is 0 Å². The average Bonchev–Trinajstić information content (AvgIpc) is 2.54. The Morgan fingerprint density at radius 1 is 1.17 bits per heavy atom. The number of carbonyl (C=O) groups is 1. The lowest BCUT2D eigenvalue weighted by Crippen LogP contribution is -2.32. The van der Waals surface area contributed by atoms with E-state index in [-0.39, 0.29) is 24.3 Å². The molecule has 1 amide bonds. The van der Waals surface area contributed by atoms with Crippen LogP contribution in [0.2, 0.25) is 0 Å².